The first kappa shape index (κ1) is 21.9. The molecule has 0 N–H and O–H groups in total. The van der Waals surface area contributed by atoms with Crippen LogP contribution in [0, 0.1) is 5.92 Å². The summed E-state index contributed by atoms with van der Waals surface area (Å²) in [7, 11) is 0. The minimum Gasteiger partial charge on any atom is -0.360 e. The van der Waals surface area contributed by atoms with Crippen LogP contribution in [-0.4, -0.2) is 71.0 Å². The number of carbonyl (C=O) groups is 2. The van der Waals surface area contributed by atoms with E-state index in [1.807, 2.05) is 34.2 Å². The molecule has 2 aromatic rings. The van der Waals surface area contributed by atoms with Gasteiger partial charge >= 0.3 is 0 Å². The number of likely N-dealkylation sites (tertiary alicyclic amines) is 1. The maximum Gasteiger partial charge on any atom is 0.276 e. The summed E-state index contributed by atoms with van der Waals surface area (Å²) in [5.41, 5.74) is 1.54. The Bertz CT molecular complexity index is 968. The van der Waals surface area contributed by atoms with Crippen LogP contribution in [0.3, 0.4) is 0 Å². The molecule has 0 spiro atoms. The van der Waals surface area contributed by atoms with Crippen molar-refractivity contribution in [3.63, 3.8) is 0 Å². The fourth-order valence-corrected chi connectivity index (χ4v) is 5.40. The van der Waals surface area contributed by atoms with Crippen molar-refractivity contribution < 1.29 is 14.1 Å². The summed E-state index contributed by atoms with van der Waals surface area (Å²) in [6.07, 6.45) is 9.21. The van der Waals surface area contributed by atoms with Gasteiger partial charge in [-0.3, -0.25) is 9.59 Å². The van der Waals surface area contributed by atoms with Gasteiger partial charge in [-0.1, -0.05) is 11.2 Å². The van der Waals surface area contributed by atoms with E-state index in [2.05, 4.69) is 15.0 Å². The number of aryl methyl sites for hydroxylation is 1. The maximum absolute atomic E-state index is 13.1. The van der Waals surface area contributed by atoms with Gasteiger partial charge in [-0.05, 0) is 56.6 Å². The molecule has 0 bridgehead atoms. The minimum absolute atomic E-state index is 0.00331. The van der Waals surface area contributed by atoms with Crippen molar-refractivity contribution in [1.82, 2.24) is 19.9 Å². The van der Waals surface area contributed by atoms with Gasteiger partial charge in [0.05, 0.1) is 0 Å². The van der Waals surface area contributed by atoms with Crippen LogP contribution >= 0.6 is 0 Å². The fraction of sp³-hybridized carbons (Fsp3) is 0.600. The molecule has 5 rings (SSSR count). The number of hydrogen-bond acceptors (Lipinski definition) is 6. The number of aromatic nitrogens is 2. The number of fused-ring (bicyclic) bond motifs is 1. The second-order valence-electron chi connectivity index (χ2n) is 9.49. The molecule has 0 radical (unpaired) electrons. The van der Waals surface area contributed by atoms with Crippen LogP contribution in [0.5, 0.6) is 0 Å². The van der Waals surface area contributed by atoms with Crippen LogP contribution in [0.4, 0.5) is 5.82 Å². The fourth-order valence-electron chi connectivity index (χ4n) is 5.40. The molecule has 1 aliphatic carbocycles. The monoisotopic (exact) mass is 451 g/mol. The molecule has 2 aromatic heterocycles. The lowest BCUT2D eigenvalue weighted by molar-refractivity contribution is -0.131. The Labute approximate surface area is 194 Å². The van der Waals surface area contributed by atoms with Crippen LogP contribution in [0.15, 0.2) is 28.9 Å². The van der Waals surface area contributed by atoms with Crippen LogP contribution in [-0.2, 0) is 17.6 Å². The Balaban J connectivity index is 1.10. The highest BCUT2D eigenvalue weighted by Gasteiger charge is 2.31. The van der Waals surface area contributed by atoms with Crippen LogP contribution in [0.25, 0.3) is 0 Å². The van der Waals surface area contributed by atoms with Gasteiger partial charge in [-0.25, -0.2) is 4.98 Å². The topological polar surface area (TPSA) is 82.8 Å². The predicted molar refractivity (Wildman–Crippen MR) is 124 cm³/mol. The van der Waals surface area contributed by atoms with Crippen molar-refractivity contribution in [1.29, 1.82) is 0 Å². The van der Waals surface area contributed by atoms with E-state index in [9.17, 15) is 9.59 Å². The highest BCUT2D eigenvalue weighted by Crippen LogP contribution is 2.28. The summed E-state index contributed by atoms with van der Waals surface area (Å²) in [4.78, 5) is 36.5. The van der Waals surface area contributed by atoms with Crippen molar-refractivity contribution in [2.45, 2.75) is 51.4 Å². The lowest BCUT2D eigenvalue weighted by atomic mass is 9.92. The molecule has 1 atom stereocenters. The molecule has 176 valence electrons. The highest BCUT2D eigenvalue weighted by atomic mass is 16.5. The molecule has 33 heavy (non-hydrogen) atoms. The molecule has 8 heteroatoms. The van der Waals surface area contributed by atoms with Crippen LogP contribution < -0.4 is 4.90 Å². The quantitative estimate of drug-likeness (QED) is 0.695. The van der Waals surface area contributed by atoms with Gasteiger partial charge in [0.1, 0.15) is 11.6 Å². The van der Waals surface area contributed by atoms with Gasteiger partial charge < -0.3 is 19.2 Å². The Hall–Kier alpha value is -2.90. The maximum atomic E-state index is 13.1. The first-order valence-corrected chi connectivity index (χ1v) is 12.4. The molecule has 2 saturated heterocycles. The second kappa shape index (κ2) is 9.93. The Morgan fingerprint density at radius 2 is 1.85 bits per heavy atom. The summed E-state index contributed by atoms with van der Waals surface area (Å²) >= 11 is 0. The molecular formula is C25H33N5O3. The third kappa shape index (κ3) is 4.89. The van der Waals surface area contributed by atoms with E-state index in [4.69, 9.17) is 4.52 Å². The molecule has 2 amide bonds. The first-order chi connectivity index (χ1) is 16.2. The zero-order valence-electron chi connectivity index (χ0n) is 19.2. The van der Waals surface area contributed by atoms with E-state index in [1.165, 1.54) is 0 Å². The lowest BCUT2D eigenvalue weighted by Crippen LogP contribution is -2.49. The number of amides is 2. The van der Waals surface area contributed by atoms with Crippen LogP contribution in [0.2, 0.25) is 0 Å². The minimum atomic E-state index is 0.00331. The van der Waals surface area contributed by atoms with E-state index >= 15 is 0 Å². The van der Waals surface area contributed by atoms with Crippen molar-refractivity contribution in [2.24, 2.45) is 5.92 Å². The molecule has 3 aliphatic rings. The van der Waals surface area contributed by atoms with Gasteiger partial charge in [-0.15, -0.1) is 0 Å². The summed E-state index contributed by atoms with van der Waals surface area (Å²) in [6, 6.07) is 5.93. The van der Waals surface area contributed by atoms with Gasteiger partial charge in [0, 0.05) is 63.9 Å². The number of anilines is 1. The van der Waals surface area contributed by atoms with E-state index in [1.54, 1.807) is 0 Å². The SMILES string of the molecule is O=C(CCC1CCCN(C(=O)c2noc3c2CCCC3)C1)N1CCN(c2ccccn2)CC1. The predicted octanol–water partition coefficient (Wildman–Crippen LogP) is 2.93. The number of pyridine rings is 1. The Morgan fingerprint density at radius 3 is 2.67 bits per heavy atom. The van der Waals surface area contributed by atoms with Crippen molar-refractivity contribution in [2.75, 3.05) is 44.2 Å². The van der Waals surface area contributed by atoms with E-state index in [-0.39, 0.29) is 11.8 Å². The van der Waals surface area contributed by atoms with Gasteiger partial charge in [0.25, 0.3) is 5.91 Å². The summed E-state index contributed by atoms with van der Waals surface area (Å²) in [6.45, 7) is 4.58. The molecule has 2 aliphatic heterocycles. The molecule has 8 nitrogen and oxygen atoms in total. The Kier molecular flexibility index (Phi) is 6.60. The molecule has 2 fully saturated rings. The highest BCUT2D eigenvalue weighted by molar-refractivity contribution is 5.94. The number of nitrogens with zero attached hydrogens (tertiary/aromatic N) is 5. The van der Waals surface area contributed by atoms with Crippen molar-refractivity contribution in [3.8, 4) is 0 Å². The van der Waals surface area contributed by atoms with Gasteiger partial charge in [0.15, 0.2) is 5.69 Å². The molecule has 1 unspecified atom stereocenters. The van der Waals surface area contributed by atoms with Crippen molar-refractivity contribution in [3.05, 3.63) is 41.4 Å². The van der Waals surface area contributed by atoms with Crippen molar-refractivity contribution >= 4 is 17.6 Å². The average molecular weight is 452 g/mol. The molecule has 4 heterocycles. The number of rotatable bonds is 5. The second-order valence-corrected chi connectivity index (χ2v) is 9.49. The average Bonchev–Trinajstić information content (AvgIpc) is 3.32. The van der Waals surface area contributed by atoms with E-state index < -0.39 is 0 Å². The summed E-state index contributed by atoms with van der Waals surface area (Å²) in [5, 5.41) is 4.13. The van der Waals surface area contributed by atoms with Gasteiger partial charge in [-0.2, -0.15) is 0 Å². The number of piperidine rings is 1. The van der Waals surface area contributed by atoms with Gasteiger partial charge in [0.2, 0.25) is 5.91 Å². The summed E-state index contributed by atoms with van der Waals surface area (Å²) in [5.74, 6) is 2.47. The van der Waals surface area contributed by atoms with E-state index in [0.717, 1.165) is 94.8 Å². The smallest absolute Gasteiger partial charge is 0.276 e. The van der Waals surface area contributed by atoms with E-state index in [0.29, 0.717) is 24.6 Å². The lowest BCUT2D eigenvalue weighted by Gasteiger charge is -2.36. The normalized spacial score (nSPS) is 21.1. The zero-order chi connectivity index (χ0) is 22.6. The summed E-state index contributed by atoms with van der Waals surface area (Å²) < 4.78 is 5.45. The largest absolute Gasteiger partial charge is 0.360 e. The number of carbonyl (C=O) groups excluding carboxylic acids is 2. The third-order valence-corrected chi connectivity index (χ3v) is 7.33. The number of hydrogen-bond donors (Lipinski definition) is 0. The first-order valence-electron chi connectivity index (χ1n) is 12.4. The Morgan fingerprint density at radius 1 is 1.00 bits per heavy atom. The molecular weight excluding hydrogens is 418 g/mol. The zero-order valence-corrected chi connectivity index (χ0v) is 19.2. The molecule has 0 saturated carbocycles. The third-order valence-electron chi connectivity index (χ3n) is 7.33. The standard InChI is InChI=1S/C25H33N5O3/c31-23(29-16-14-28(15-17-29)22-9-3-4-12-26-22)11-10-19-6-5-13-30(18-19)25(32)24-20-7-1-2-8-21(20)33-27-24/h3-4,9,12,19H,1-2,5-8,10-11,13-18H2. The van der Waals surface area contributed by atoms with Crippen LogP contribution in [0.1, 0.15) is 60.3 Å². The molecule has 0 aromatic carbocycles. The number of piperazine rings is 1.